The predicted molar refractivity (Wildman–Crippen MR) is 49.4 cm³/mol. The summed E-state index contributed by atoms with van der Waals surface area (Å²) in [4.78, 5) is 0. The van der Waals surface area contributed by atoms with Gasteiger partial charge in [-0.15, -0.1) is 0 Å². The number of nitrogen functional groups attached to an aromatic ring is 1. The van der Waals surface area contributed by atoms with Crippen molar-refractivity contribution in [2.24, 2.45) is 0 Å². The molecule has 0 aliphatic heterocycles. The fraction of sp³-hybridized carbons (Fsp3) is 0. The minimum absolute atomic E-state index is 0.0394. The normalized spacial score (nSPS) is 10.9. The van der Waals surface area contributed by atoms with E-state index in [9.17, 15) is 4.39 Å². The second-order valence-electron chi connectivity index (χ2n) is 2.15. The fourth-order valence-electron chi connectivity index (χ4n) is 0.753. The lowest BCUT2D eigenvalue weighted by Crippen LogP contribution is -1.91. The quantitative estimate of drug-likeness (QED) is 0.700. The summed E-state index contributed by atoms with van der Waals surface area (Å²) in [5, 5.41) is 0.259. The van der Waals surface area contributed by atoms with Crippen molar-refractivity contribution in [2.45, 2.75) is 0 Å². The molecule has 0 bridgehead atoms. The first-order chi connectivity index (χ1) is 5.65. The van der Waals surface area contributed by atoms with E-state index in [-0.39, 0.29) is 10.7 Å². The lowest BCUT2D eigenvalue weighted by molar-refractivity contribution is 0.632. The SMILES string of the molecule is Nc1cc(/C=[C]\Cl)c(Cl)cc1F. The fourth-order valence-corrected chi connectivity index (χ4v) is 1.08. The second kappa shape index (κ2) is 3.78. The minimum Gasteiger partial charge on any atom is -0.396 e. The van der Waals surface area contributed by atoms with Crippen LogP contribution in [-0.4, -0.2) is 0 Å². The zero-order valence-electron chi connectivity index (χ0n) is 5.94. The van der Waals surface area contributed by atoms with Crippen LogP contribution >= 0.6 is 23.2 Å². The van der Waals surface area contributed by atoms with Crippen molar-refractivity contribution in [3.8, 4) is 0 Å². The Morgan fingerprint density at radius 2 is 2.17 bits per heavy atom. The maximum absolute atomic E-state index is 12.7. The molecule has 0 aromatic heterocycles. The number of benzene rings is 1. The largest absolute Gasteiger partial charge is 0.396 e. The maximum Gasteiger partial charge on any atom is 0.147 e. The van der Waals surface area contributed by atoms with Crippen molar-refractivity contribution >= 4 is 35.0 Å². The Morgan fingerprint density at radius 3 is 2.75 bits per heavy atom. The third-order valence-corrected chi connectivity index (χ3v) is 1.76. The predicted octanol–water partition coefficient (Wildman–Crippen LogP) is 3.07. The van der Waals surface area contributed by atoms with Gasteiger partial charge >= 0.3 is 0 Å². The molecule has 1 radical (unpaired) electrons. The lowest BCUT2D eigenvalue weighted by atomic mass is 10.2. The van der Waals surface area contributed by atoms with Crippen LogP contribution in [0.15, 0.2) is 12.1 Å². The Bertz CT molecular complexity index is 323. The molecule has 0 heterocycles. The molecule has 0 aliphatic rings. The number of nitrogens with two attached hydrogens (primary N) is 1. The van der Waals surface area contributed by atoms with Gasteiger partial charge in [-0.1, -0.05) is 23.2 Å². The van der Waals surface area contributed by atoms with Crippen molar-refractivity contribution in [3.63, 3.8) is 0 Å². The van der Waals surface area contributed by atoms with Gasteiger partial charge < -0.3 is 5.73 Å². The first-order valence-electron chi connectivity index (χ1n) is 3.09. The van der Waals surface area contributed by atoms with Crippen molar-refractivity contribution in [3.05, 3.63) is 34.1 Å². The first kappa shape index (κ1) is 9.36. The van der Waals surface area contributed by atoms with Crippen LogP contribution in [0.3, 0.4) is 0 Å². The van der Waals surface area contributed by atoms with Crippen LogP contribution in [0.5, 0.6) is 0 Å². The van der Waals surface area contributed by atoms with Crippen molar-refractivity contribution < 1.29 is 4.39 Å². The van der Waals surface area contributed by atoms with E-state index < -0.39 is 5.82 Å². The summed E-state index contributed by atoms with van der Waals surface area (Å²) in [7, 11) is 0. The van der Waals surface area contributed by atoms with Crippen LogP contribution in [-0.2, 0) is 0 Å². The Hall–Kier alpha value is -0.730. The Kier molecular flexibility index (Phi) is 2.95. The summed E-state index contributed by atoms with van der Waals surface area (Å²) in [6.45, 7) is 0. The van der Waals surface area contributed by atoms with Gasteiger partial charge in [-0.05, 0) is 23.8 Å². The van der Waals surface area contributed by atoms with E-state index in [1.54, 1.807) is 0 Å². The van der Waals surface area contributed by atoms with Crippen molar-refractivity contribution in [2.75, 3.05) is 5.73 Å². The summed E-state index contributed by atoms with van der Waals surface area (Å²) in [6.07, 6.45) is 1.42. The van der Waals surface area contributed by atoms with Gasteiger partial charge in [0.2, 0.25) is 0 Å². The number of anilines is 1. The van der Waals surface area contributed by atoms with Crippen LogP contribution in [0.1, 0.15) is 5.56 Å². The lowest BCUT2D eigenvalue weighted by Gasteiger charge is -2.00. The molecule has 1 aromatic carbocycles. The monoisotopic (exact) mass is 204 g/mol. The van der Waals surface area contributed by atoms with E-state index in [2.05, 4.69) is 5.54 Å². The molecule has 1 rings (SSSR count). The average Bonchev–Trinajstić information content (AvgIpc) is 2.01. The minimum atomic E-state index is -0.535. The third kappa shape index (κ3) is 1.90. The standard InChI is InChI=1S/C8H5Cl2FN/c9-2-1-5-3-8(12)7(11)4-6(5)10/h1,3-4H,12H2. The van der Waals surface area contributed by atoms with Crippen molar-refractivity contribution in [1.82, 2.24) is 0 Å². The van der Waals surface area contributed by atoms with Crippen LogP contribution in [0, 0.1) is 11.4 Å². The number of hydrogen-bond donors (Lipinski definition) is 1. The topological polar surface area (TPSA) is 26.0 Å². The first-order valence-corrected chi connectivity index (χ1v) is 3.84. The zero-order chi connectivity index (χ0) is 9.14. The van der Waals surface area contributed by atoms with Crippen LogP contribution in [0.25, 0.3) is 6.08 Å². The molecule has 0 saturated heterocycles. The van der Waals surface area contributed by atoms with E-state index in [0.29, 0.717) is 5.56 Å². The summed E-state index contributed by atoms with van der Waals surface area (Å²) in [6, 6.07) is 2.53. The highest BCUT2D eigenvalue weighted by Gasteiger charge is 2.03. The summed E-state index contributed by atoms with van der Waals surface area (Å²) < 4.78 is 12.7. The van der Waals surface area contributed by atoms with Gasteiger partial charge in [0.1, 0.15) is 5.82 Å². The zero-order valence-corrected chi connectivity index (χ0v) is 7.46. The molecule has 4 heteroatoms. The molecular weight excluding hydrogens is 200 g/mol. The van der Waals surface area contributed by atoms with Crippen molar-refractivity contribution in [1.29, 1.82) is 0 Å². The molecule has 0 aliphatic carbocycles. The highest BCUT2D eigenvalue weighted by Crippen LogP contribution is 2.23. The summed E-state index contributed by atoms with van der Waals surface area (Å²) in [5.74, 6) is -0.535. The molecule has 0 atom stereocenters. The molecule has 0 saturated carbocycles. The van der Waals surface area contributed by atoms with Gasteiger partial charge in [0, 0.05) is 0 Å². The van der Waals surface area contributed by atoms with Gasteiger partial charge in [0.25, 0.3) is 0 Å². The maximum atomic E-state index is 12.7. The van der Waals surface area contributed by atoms with Gasteiger partial charge in [0.05, 0.1) is 16.2 Å². The van der Waals surface area contributed by atoms with E-state index in [1.165, 1.54) is 12.1 Å². The van der Waals surface area contributed by atoms with E-state index >= 15 is 0 Å². The highest BCUT2D eigenvalue weighted by molar-refractivity contribution is 6.32. The van der Waals surface area contributed by atoms with Crippen LogP contribution < -0.4 is 5.73 Å². The van der Waals surface area contributed by atoms with E-state index in [0.717, 1.165) is 6.07 Å². The molecule has 2 N–H and O–H groups in total. The number of halogens is 3. The molecule has 0 fully saturated rings. The molecule has 12 heavy (non-hydrogen) atoms. The van der Waals surface area contributed by atoms with Gasteiger partial charge in [-0.25, -0.2) is 4.39 Å². The van der Waals surface area contributed by atoms with Gasteiger partial charge in [0.15, 0.2) is 0 Å². The van der Waals surface area contributed by atoms with E-state index in [1.807, 2.05) is 0 Å². The molecule has 63 valence electrons. The second-order valence-corrected chi connectivity index (χ2v) is 2.77. The molecule has 0 amide bonds. The molecule has 1 nitrogen and oxygen atoms in total. The summed E-state index contributed by atoms with van der Waals surface area (Å²) in [5.41, 5.74) is 8.14. The Balaban J connectivity index is 3.23. The van der Waals surface area contributed by atoms with Crippen LogP contribution in [0.2, 0.25) is 5.02 Å². The van der Waals surface area contributed by atoms with Gasteiger partial charge in [-0.2, -0.15) is 0 Å². The average molecular weight is 205 g/mol. The smallest absolute Gasteiger partial charge is 0.147 e. The molecule has 1 aromatic rings. The molecule has 0 unspecified atom stereocenters. The third-order valence-electron chi connectivity index (χ3n) is 1.33. The number of hydrogen-bond acceptors (Lipinski definition) is 1. The van der Waals surface area contributed by atoms with Gasteiger partial charge in [-0.3, -0.25) is 0 Å². The Labute approximate surface area is 79.6 Å². The van der Waals surface area contributed by atoms with E-state index in [4.69, 9.17) is 28.9 Å². The van der Waals surface area contributed by atoms with Crippen LogP contribution in [0.4, 0.5) is 10.1 Å². The highest BCUT2D eigenvalue weighted by atomic mass is 35.5. The summed E-state index contributed by atoms with van der Waals surface area (Å²) >= 11 is 10.9. The number of rotatable bonds is 1. The molecular formula is C8H5Cl2FN. The Morgan fingerprint density at radius 1 is 1.50 bits per heavy atom. The molecule has 0 spiro atoms.